The maximum Gasteiger partial charge on any atom is 0.268 e. The van der Waals surface area contributed by atoms with Crippen LogP contribution in [0.5, 0.6) is 0 Å². The van der Waals surface area contributed by atoms with Crippen molar-refractivity contribution in [1.82, 2.24) is 3.97 Å². The van der Waals surface area contributed by atoms with Crippen LogP contribution in [0.4, 0.5) is 0 Å². The zero-order valence-electron chi connectivity index (χ0n) is 14.0. The van der Waals surface area contributed by atoms with Gasteiger partial charge in [0.2, 0.25) is 0 Å². The van der Waals surface area contributed by atoms with E-state index in [1.54, 1.807) is 18.3 Å². The van der Waals surface area contributed by atoms with E-state index in [9.17, 15) is 13.5 Å². The summed E-state index contributed by atoms with van der Waals surface area (Å²) in [7, 11) is -3.83. The van der Waals surface area contributed by atoms with Crippen molar-refractivity contribution in [2.75, 3.05) is 0 Å². The SMILES string of the molecule is O=S(=O)(c1cccc(Cl)c1)n1cc(CO)c2c1-c1ccccc1CCC2. The Bertz CT molecular complexity index is 1090. The van der Waals surface area contributed by atoms with E-state index in [0.717, 1.165) is 36.0 Å². The second-order valence-electron chi connectivity index (χ2n) is 6.41. The zero-order valence-corrected chi connectivity index (χ0v) is 15.6. The minimum atomic E-state index is -3.83. The lowest BCUT2D eigenvalue weighted by molar-refractivity contribution is 0.281. The Morgan fingerprint density at radius 3 is 2.65 bits per heavy atom. The van der Waals surface area contributed by atoms with E-state index < -0.39 is 10.0 Å². The van der Waals surface area contributed by atoms with Crippen molar-refractivity contribution in [2.45, 2.75) is 30.8 Å². The Morgan fingerprint density at radius 1 is 1.08 bits per heavy atom. The Hall–Kier alpha value is -2.08. The number of aryl methyl sites for hydroxylation is 1. The Morgan fingerprint density at radius 2 is 1.88 bits per heavy atom. The van der Waals surface area contributed by atoms with Crippen LogP contribution in [0.2, 0.25) is 5.02 Å². The van der Waals surface area contributed by atoms with Crippen molar-refractivity contribution in [3.63, 3.8) is 0 Å². The first kappa shape index (κ1) is 17.3. The van der Waals surface area contributed by atoms with Crippen LogP contribution in [-0.4, -0.2) is 17.5 Å². The molecule has 1 aliphatic rings. The molecule has 3 aromatic rings. The van der Waals surface area contributed by atoms with Crippen molar-refractivity contribution in [3.8, 4) is 11.3 Å². The summed E-state index contributed by atoms with van der Waals surface area (Å²) in [6.45, 7) is -0.192. The Kier molecular flexibility index (Phi) is 4.39. The first-order chi connectivity index (χ1) is 12.5. The molecule has 0 saturated carbocycles. The van der Waals surface area contributed by atoms with Crippen molar-refractivity contribution in [3.05, 3.63) is 76.4 Å². The van der Waals surface area contributed by atoms with Gasteiger partial charge in [-0.3, -0.25) is 0 Å². The third-order valence-corrected chi connectivity index (χ3v) is 6.73. The minimum Gasteiger partial charge on any atom is -0.392 e. The zero-order chi connectivity index (χ0) is 18.3. The van der Waals surface area contributed by atoms with Gasteiger partial charge in [0.1, 0.15) is 0 Å². The average Bonchev–Trinajstić information content (AvgIpc) is 2.91. The maximum absolute atomic E-state index is 13.3. The van der Waals surface area contributed by atoms with Gasteiger partial charge in [0.25, 0.3) is 10.0 Å². The number of halogens is 1. The standard InChI is InChI=1S/C20H18ClNO3S/c21-16-7-4-8-17(11-16)26(24,25)22-12-15(13-23)19-10-3-6-14-5-1-2-9-18(14)20(19)22/h1-2,4-5,7-9,11-12,23H,3,6,10,13H2. The molecule has 0 fully saturated rings. The van der Waals surface area contributed by atoms with E-state index >= 15 is 0 Å². The predicted molar refractivity (Wildman–Crippen MR) is 102 cm³/mol. The normalized spacial score (nSPS) is 13.8. The highest BCUT2D eigenvalue weighted by atomic mass is 35.5. The number of hydrogen-bond donors (Lipinski definition) is 1. The van der Waals surface area contributed by atoms with E-state index in [-0.39, 0.29) is 11.5 Å². The van der Waals surface area contributed by atoms with Gasteiger partial charge in [0.05, 0.1) is 17.2 Å². The summed E-state index contributed by atoms with van der Waals surface area (Å²) < 4.78 is 28.0. The molecule has 1 N–H and O–H groups in total. The van der Waals surface area contributed by atoms with Gasteiger partial charge >= 0.3 is 0 Å². The molecule has 0 radical (unpaired) electrons. The summed E-state index contributed by atoms with van der Waals surface area (Å²) in [5.74, 6) is 0. The topological polar surface area (TPSA) is 59.3 Å². The fourth-order valence-electron chi connectivity index (χ4n) is 3.62. The van der Waals surface area contributed by atoms with E-state index in [1.807, 2.05) is 24.3 Å². The average molecular weight is 388 g/mol. The van der Waals surface area contributed by atoms with Crippen molar-refractivity contribution >= 4 is 21.6 Å². The van der Waals surface area contributed by atoms with Gasteiger partial charge in [-0.2, -0.15) is 0 Å². The molecule has 4 rings (SSSR count). The molecule has 0 amide bonds. The number of aromatic nitrogens is 1. The van der Waals surface area contributed by atoms with Crippen LogP contribution in [0.3, 0.4) is 0 Å². The fraction of sp³-hybridized carbons (Fsp3) is 0.200. The molecular formula is C20H18ClNO3S. The Labute approximate surface area is 157 Å². The largest absolute Gasteiger partial charge is 0.392 e. The third kappa shape index (κ3) is 2.76. The van der Waals surface area contributed by atoms with E-state index in [4.69, 9.17) is 11.6 Å². The molecule has 4 nitrogen and oxygen atoms in total. The monoisotopic (exact) mass is 387 g/mol. The van der Waals surface area contributed by atoms with Gasteiger partial charge in [-0.05, 0) is 48.6 Å². The maximum atomic E-state index is 13.3. The van der Waals surface area contributed by atoms with Gasteiger partial charge < -0.3 is 5.11 Å². The van der Waals surface area contributed by atoms with E-state index in [0.29, 0.717) is 16.3 Å². The minimum absolute atomic E-state index is 0.133. The molecule has 0 bridgehead atoms. The number of benzene rings is 2. The molecule has 0 atom stereocenters. The molecule has 0 spiro atoms. The van der Waals surface area contributed by atoms with Gasteiger partial charge in [-0.25, -0.2) is 12.4 Å². The number of hydrogen-bond acceptors (Lipinski definition) is 3. The first-order valence-corrected chi connectivity index (χ1v) is 10.3. The van der Waals surface area contributed by atoms with Gasteiger partial charge in [0, 0.05) is 22.3 Å². The molecule has 0 saturated heterocycles. The van der Waals surface area contributed by atoms with Gasteiger partial charge in [-0.15, -0.1) is 0 Å². The molecule has 1 aliphatic carbocycles. The number of fused-ring (bicyclic) bond motifs is 3. The van der Waals surface area contributed by atoms with Crippen LogP contribution >= 0.6 is 11.6 Å². The van der Waals surface area contributed by atoms with Crippen LogP contribution in [0.1, 0.15) is 23.1 Å². The molecule has 26 heavy (non-hydrogen) atoms. The second kappa shape index (κ2) is 6.58. The summed E-state index contributed by atoms with van der Waals surface area (Å²) in [4.78, 5) is 0.133. The van der Waals surface area contributed by atoms with Crippen LogP contribution in [0, 0.1) is 0 Å². The van der Waals surface area contributed by atoms with Crippen molar-refractivity contribution < 1.29 is 13.5 Å². The quantitative estimate of drug-likeness (QED) is 0.738. The molecule has 1 heterocycles. The highest BCUT2D eigenvalue weighted by Crippen LogP contribution is 2.37. The highest BCUT2D eigenvalue weighted by molar-refractivity contribution is 7.90. The number of rotatable bonds is 3. The lowest BCUT2D eigenvalue weighted by Gasteiger charge is -2.13. The van der Waals surface area contributed by atoms with Crippen molar-refractivity contribution in [2.24, 2.45) is 0 Å². The van der Waals surface area contributed by atoms with Crippen molar-refractivity contribution in [1.29, 1.82) is 0 Å². The first-order valence-electron chi connectivity index (χ1n) is 8.46. The molecule has 2 aromatic carbocycles. The lowest BCUT2D eigenvalue weighted by atomic mass is 10.0. The smallest absolute Gasteiger partial charge is 0.268 e. The van der Waals surface area contributed by atoms with Gasteiger partial charge in [0.15, 0.2) is 0 Å². The van der Waals surface area contributed by atoms with Crippen LogP contribution < -0.4 is 0 Å². The highest BCUT2D eigenvalue weighted by Gasteiger charge is 2.28. The van der Waals surface area contributed by atoms with E-state index in [1.165, 1.54) is 16.1 Å². The summed E-state index contributed by atoms with van der Waals surface area (Å²) >= 11 is 6.01. The lowest BCUT2D eigenvalue weighted by Crippen LogP contribution is -2.14. The number of nitrogens with zero attached hydrogens (tertiary/aromatic N) is 1. The molecular weight excluding hydrogens is 370 g/mol. The van der Waals surface area contributed by atoms with Crippen LogP contribution in [0.25, 0.3) is 11.3 Å². The summed E-state index contributed by atoms with van der Waals surface area (Å²) in [5.41, 5.74) is 4.24. The number of aliphatic hydroxyl groups is 1. The fourth-order valence-corrected chi connectivity index (χ4v) is 5.34. The predicted octanol–water partition coefficient (Wildman–Crippen LogP) is 4.03. The van der Waals surface area contributed by atoms with Gasteiger partial charge in [-0.1, -0.05) is 41.9 Å². The van der Waals surface area contributed by atoms with E-state index in [2.05, 4.69) is 0 Å². The Balaban J connectivity index is 2.02. The molecule has 134 valence electrons. The number of aliphatic hydroxyl groups excluding tert-OH is 1. The molecule has 0 aliphatic heterocycles. The van der Waals surface area contributed by atoms with Crippen LogP contribution in [0.15, 0.2) is 59.6 Å². The van der Waals surface area contributed by atoms with Crippen LogP contribution in [-0.2, 0) is 29.5 Å². The summed E-state index contributed by atoms with van der Waals surface area (Å²) in [6, 6.07) is 14.1. The summed E-state index contributed by atoms with van der Waals surface area (Å²) in [5, 5.41) is 10.2. The third-order valence-electron chi connectivity index (χ3n) is 4.84. The second-order valence-corrected chi connectivity index (χ2v) is 8.66. The molecule has 6 heteroatoms. The summed E-state index contributed by atoms with van der Waals surface area (Å²) in [6.07, 6.45) is 4.08. The molecule has 0 unspecified atom stereocenters. The molecule has 1 aromatic heterocycles.